The van der Waals surface area contributed by atoms with Crippen molar-refractivity contribution in [3.63, 3.8) is 0 Å². The second-order valence-electron chi connectivity index (χ2n) is 7.50. The predicted molar refractivity (Wildman–Crippen MR) is 144 cm³/mol. The molecular formula is C25H18Br2FNO2S2. The van der Waals surface area contributed by atoms with Crippen LogP contribution in [0.1, 0.15) is 22.3 Å². The number of nitrogens with zero attached hydrogens (tertiary/aromatic N) is 1. The van der Waals surface area contributed by atoms with Gasteiger partial charge in [0, 0.05) is 5.56 Å². The van der Waals surface area contributed by atoms with Crippen LogP contribution in [0.3, 0.4) is 0 Å². The van der Waals surface area contributed by atoms with Crippen molar-refractivity contribution >= 4 is 77.8 Å². The van der Waals surface area contributed by atoms with Crippen LogP contribution in [0.5, 0.6) is 5.75 Å². The van der Waals surface area contributed by atoms with Crippen LogP contribution >= 0.6 is 55.8 Å². The molecule has 0 N–H and O–H groups in total. The zero-order valence-electron chi connectivity index (χ0n) is 17.7. The summed E-state index contributed by atoms with van der Waals surface area (Å²) in [5, 5.41) is 0. The second-order valence-corrected chi connectivity index (χ2v) is 10.9. The molecule has 1 saturated heterocycles. The minimum Gasteiger partial charge on any atom is -0.486 e. The van der Waals surface area contributed by atoms with Gasteiger partial charge in [-0.15, -0.1) is 0 Å². The summed E-state index contributed by atoms with van der Waals surface area (Å²) >= 11 is 13.8. The largest absolute Gasteiger partial charge is 0.486 e. The molecule has 1 fully saturated rings. The summed E-state index contributed by atoms with van der Waals surface area (Å²) in [5.74, 6) is 0.0921. The molecule has 0 aliphatic carbocycles. The molecule has 0 saturated carbocycles. The Labute approximate surface area is 218 Å². The number of carbonyl (C=O) groups excluding carboxylic acids is 1. The minimum absolute atomic E-state index is 0.0950. The van der Waals surface area contributed by atoms with Crippen molar-refractivity contribution in [3.8, 4) is 5.75 Å². The highest BCUT2D eigenvalue weighted by Gasteiger charge is 2.34. The van der Waals surface area contributed by atoms with Crippen LogP contribution in [-0.4, -0.2) is 10.2 Å². The number of ether oxygens (including phenoxy) is 1. The first-order valence-electron chi connectivity index (χ1n) is 9.95. The van der Waals surface area contributed by atoms with Crippen molar-refractivity contribution in [1.82, 2.24) is 0 Å². The molecule has 0 aromatic heterocycles. The summed E-state index contributed by atoms with van der Waals surface area (Å²) in [6, 6.07) is 16.1. The number of hydrogen-bond donors (Lipinski definition) is 0. The Kier molecular flexibility index (Phi) is 7.38. The first kappa shape index (κ1) is 24.1. The summed E-state index contributed by atoms with van der Waals surface area (Å²) in [4.78, 5) is 15.3. The Hall–Kier alpha value is -2.00. The maximum absolute atomic E-state index is 13.9. The molecule has 1 heterocycles. The Morgan fingerprint density at radius 3 is 2.45 bits per heavy atom. The summed E-state index contributed by atoms with van der Waals surface area (Å²) < 4.78 is 21.6. The lowest BCUT2D eigenvalue weighted by molar-refractivity contribution is -0.113. The smallest absolute Gasteiger partial charge is 0.270 e. The van der Waals surface area contributed by atoms with Crippen LogP contribution in [-0.2, 0) is 11.4 Å². The van der Waals surface area contributed by atoms with E-state index >= 15 is 0 Å². The molecule has 3 nitrogen and oxygen atoms in total. The van der Waals surface area contributed by atoms with Gasteiger partial charge in [-0.3, -0.25) is 9.69 Å². The third-order valence-electron chi connectivity index (χ3n) is 5.04. The molecule has 168 valence electrons. The van der Waals surface area contributed by atoms with Gasteiger partial charge in [-0.2, -0.15) is 0 Å². The topological polar surface area (TPSA) is 29.5 Å². The SMILES string of the molecule is Cc1ccc(N2C(=O)/C(=C\c3cc(Br)c(OCc4ccccc4F)c(Br)c3)SC2=S)c(C)c1. The molecule has 0 bridgehead atoms. The number of thioether (sulfide) groups is 1. The van der Waals surface area contributed by atoms with Gasteiger partial charge in [0.15, 0.2) is 4.32 Å². The van der Waals surface area contributed by atoms with Gasteiger partial charge >= 0.3 is 0 Å². The van der Waals surface area contributed by atoms with Crippen molar-refractivity contribution in [2.24, 2.45) is 0 Å². The van der Waals surface area contributed by atoms with E-state index in [1.807, 2.05) is 44.2 Å². The van der Waals surface area contributed by atoms with Crippen LogP contribution in [0.15, 0.2) is 68.4 Å². The molecule has 33 heavy (non-hydrogen) atoms. The average Bonchev–Trinajstić information content (AvgIpc) is 3.02. The molecule has 1 amide bonds. The number of rotatable bonds is 5. The Morgan fingerprint density at radius 2 is 1.79 bits per heavy atom. The van der Waals surface area contributed by atoms with E-state index in [0.29, 0.717) is 29.5 Å². The van der Waals surface area contributed by atoms with E-state index in [-0.39, 0.29) is 18.3 Å². The van der Waals surface area contributed by atoms with Crippen molar-refractivity contribution in [3.05, 3.63) is 96.5 Å². The van der Waals surface area contributed by atoms with Gasteiger partial charge in [-0.1, -0.05) is 59.9 Å². The maximum atomic E-state index is 13.9. The third kappa shape index (κ3) is 5.24. The first-order valence-corrected chi connectivity index (χ1v) is 12.8. The van der Waals surface area contributed by atoms with E-state index < -0.39 is 0 Å². The van der Waals surface area contributed by atoms with Crippen molar-refractivity contribution in [2.75, 3.05) is 4.90 Å². The Balaban J connectivity index is 1.57. The highest BCUT2D eigenvalue weighted by molar-refractivity contribution is 9.11. The fourth-order valence-electron chi connectivity index (χ4n) is 3.45. The second kappa shape index (κ2) is 10.1. The van der Waals surface area contributed by atoms with Crippen molar-refractivity contribution in [1.29, 1.82) is 0 Å². The fourth-order valence-corrected chi connectivity index (χ4v) is 6.18. The van der Waals surface area contributed by atoms with E-state index in [9.17, 15) is 9.18 Å². The molecule has 0 spiro atoms. The van der Waals surface area contributed by atoms with E-state index in [1.165, 1.54) is 17.8 Å². The summed E-state index contributed by atoms with van der Waals surface area (Å²) in [7, 11) is 0. The normalized spacial score (nSPS) is 14.9. The Morgan fingerprint density at radius 1 is 1.09 bits per heavy atom. The predicted octanol–water partition coefficient (Wildman–Crippen LogP) is 7.95. The number of carbonyl (C=O) groups is 1. The molecule has 3 aromatic rings. The van der Waals surface area contributed by atoms with E-state index in [4.69, 9.17) is 17.0 Å². The minimum atomic E-state index is -0.313. The lowest BCUT2D eigenvalue weighted by Gasteiger charge is -2.17. The van der Waals surface area contributed by atoms with Crippen LogP contribution < -0.4 is 9.64 Å². The maximum Gasteiger partial charge on any atom is 0.270 e. The molecule has 0 radical (unpaired) electrons. The molecule has 8 heteroatoms. The number of hydrogen-bond acceptors (Lipinski definition) is 4. The van der Waals surface area contributed by atoms with Gasteiger partial charge in [-0.05, 0) is 87.2 Å². The number of halogens is 3. The van der Waals surface area contributed by atoms with E-state index in [2.05, 4.69) is 31.9 Å². The zero-order chi connectivity index (χ0) is 23.7. The average molecular weight is 607 g/mol. The molecule has 0 unspecified atom stereocenters. The molecule has 4 rings (SSSR count). The van der Waals surface area contributed by atoms with Crippen LogP contribution in [0, 0.1) is 19.7 Å². The van der Waals surface area contributed by atoms with E-state index in [1.54, 1.807) is 29.2 Å². The monoisotopic (exact) mass is 605 g/mol. The van der Waals surface area contributed by atoms with Gasteiger partial charge in [0.05, 0.1) is 19.5 Å². The van der Waals surface area contributed by atoms with Gasteiger partial charge < -0.3 is 4.74 Å². The highest BCUT2D eigenvalue weighted by atomic mass is 79.9. The molecule has 0 atom stereocenters. The van der Waals surface area contributed by atoms with Crippen LogP contribution in [0.2, 0.25) is 0 Å². The molecule has 1 aliphatic rings. The standard InChI is InChI=1S/C25H18Br2FNO2S2/c1-14-7-8-21(15(2)9-14)29-24(30)22(33-25(29)32)12-16-10-18(26)23(19(27)11-16)31-13-17-5-3-4-6-20(17)28/h3-12H,13H2,1-2H3/b22-12+. The van der Waals surface area contributed by atoms with E-state index in [0.717, 1.165) is 22.4 Å². The van der Waals surface area contributed by atoms with Gasteiger partial charge in [0.1, 0.15) is 18.2 Å². The Bertz CT molecular complexity index is 1290. The van der Waals surface area contributed by atoms with Crippen molar-refractivity contribution < 1.29 is 13.9 Å². The lowest BCUT2D eigenvalue weighted by Crippen LogP contribution is -2.28. The van der Waals surface area contributed by atoms with Gasteiger partial charge in [-0.25, -0.2) is 4.39 Å². The summed E-state index contributed by atoms with van der Waals surface area (Å²) in [6.07, 6.45) is 1.80. The van der Waals surface area contributed by atoms with Crippen LogP contribution in [0.4, 0.5) is 10.1 Å². The van der Waals surface area contributed by atoms with Crippen molar-refractivity contribution in [2.45, 2.75) is 20.5 Å². The quantitative estimate of drug-likeness (QED) is 0.218. The van der Waals surface area contributed by atoms with Crippen LogP contribution in [0.25, 0.3) is 6.08 Å². The molecule has 3 aromatic carbocycles. The number of aryl methyl sites for hydroxylation is 2. The van der Waals surface area contributed by atoms with Gasteiger partial charge in [0.25, 0.3) is 5.91 Å². The molecule has 1 aliphatic heterocycles. The third-order valence-corrected chi connectivity index (χ3v) is 7.52. The zero-order valence-corrected chi connectivity index (χ0v) is 22.5. The lowest BCUT2D eigenvalue weighted by atomic mass is 10.1. The number of amides is 1. The number of thiocarbonyl (C=S) groups is 1. The summed E-state index contributed by atoms with van der Waals surface area (Å²) in [6.45, 7) is 4.08. The molecular weight excluding hydrogens is 589 g/mol. The highest BCUT2D eigenvalue weighted by Crippen LogP contribution is 2.40. The first-order chi connectivity index (χ1) is 15.7. The number of benzene rings is 3. The fraction of sp³-hybridized carbons (Fsp3) is 0.120. The summed E-state index contributed by atoms with van der Waals surface area (Å²) in [5.41, 5.74) is 4.19. The van der Waals surface area contributed by atoms with Gasteiger partial charge in [0.2, 0.25) is 0 Å². The number of anilines is 1.